The quantitative estimate of drug-likeness (QED) is 0.194. The monoisotopic (exact) mass is 437 g/mol. The first-order chi connectivity index (χ1) is 15.2. The normalized spacial score (nSPS) is 18.5. The molecule has 0 unspecified atom stereocenters. The SMILES string of the molecule is CCCCCCC[C@H]1CC[C@H](CCc2ccc(-c3ccc(N=C=S)cc3)c(F)c2)CC1. The Morgan fingerprint density at radius 2 is 1.58 bits per heavy atom. The largest absolute Gasteiger partial charge is 0.206 e. The van der Waals surface area contributed by atoms with Gasteiger partial charge in [-0.2, -0.15) is 4.99 Å². The second-order valence-corrected chi connectivity index (χ2v) is 9.38. The number of isothiocyanates is 1. The Morgan fingerprint density at radius 1 is 0.903 bits per heavy atom. The summed E-state index contributed by atoms with van der Waals surface area (Å²) < 4.78 is 14.7. The summed E-state index contributed by atoms with van der Waals surface area (Å²) in [5.41, 5.74) is 3.35. The van der Waals surface area contributed by atoms with Gasteiger partial charge in [-0.25, -0.2) is 4.39 Å². The number of unbranched alkanes of at least 4 members (excludes halogenated alkanes) is 4. The Morgan fingerprint density at radius 3 is 2.23 bits per heavy atom. The minimum Gasteiger partial charge on any atom is -0.206 e. The van der Waals surface area contributed by atoms with Gasteiger partial charge in [0.1, 0.15) is 5.82 Å². The van der Waals surface area contributed by atoms with Crippen LogP contribution in [0.1, 0.15) is 83.1 Å². The highest BCUT2D eigenvalue weighted by molar-refractivity contribution is 7.78. The van der Waals surface area contributed by atoms with E-state index in [-0.39, 0.29) is 5.82 Å². The van der Waals surface area contributed by atoms with Crippen LogP contribution in [0.5, 0.6) is 0 Å². The number of benzene rings is 2. The maximum Gasteiger partial charge on any atom is 0.131 e. The third-order valence-corrected chi connectivity index (χ3v) is 7.00. The van der Waals surface area contributed by atoms with Gasteiger partial charge >= 0.3 is 0 Å². The van der Waals surface area contributed by atoms with E-state index in [1.165, 1.54) is 70.6 Å². The van der Waals surface area contributed by atoms with Crippen LogP contribution in [0.3, 0.4) is 0 Å². The summed E-state index contributed by atoms with van der Waals surface area (Å²) in [5.74, 6) is 1.62. The summed E-state index contributed by atoms with van der Waals surface area (Å²) in [6.07, 6.45) is 16.1. The molecule has 2 aromatic rings. The second kappa shape index (κ2) is 12.9. The summed E-state index contributed by atoms with van der Waals surface area (Å²) >= 11 is 4.63. The highest BCUT2D eigenvalue weighted by Crippen LogP contribution is 2.34. The zero-order valence-electron chi connectivity index (χ0n) is 18.9. The zero-order valence-corrected chi connectivity index (χ0v) is 19.7. The van der Waals surface area contributed by atoms with Crippen LogP contribution in [0, 0.1) is 17.7 Å². The zero-order chi connectivity index (χ0) is 21.9. The van der Waals surface area contributed by atoms with E-state index in [9.17, 15) is 4.39 Å². The molecule has 0 radical (unpaired) electrons. The summed E-state index contributed by atoms with van der Waals surface area (Å²) in [5, 5.41) is 2.36. The van der Waals surface area contributed by atoms with Gasteiger partial charge in [0.15, 0.2) is 0 Å². The Kier molecular flexibility index (Phi) is 9.90. The average Bonchev–Trinajstić information content (AvgIpc) is 2.79. The summed E-state index contributed by atoms with van der Waals surface area (Å²) in [6.45, 7) is 2.28. The summed E-state index contributed by atoms with van der Waals surface area (Å²) in [7, 11) is 0. The van der Waals surface area contributed by atoms with Crippen LogP contribution in [-0.2, 0) is 6.42 Å². The van der Waals surface area contributed by atoms with E-state index in [0.29, 0.717) is 5.56 Å². The first-order valence-electron chi connectivity index (χ1n) is 12.2. The van der Waals surface area contributed by atoms with Crippen molar-refractivity contribution in [2.75, 3.05) is 0 Å². The number of hydrogen-bond acceptors (Lipinski definition) is 2. The van der Waals surface area contributed by atoms with Crippen molar-refractivity contribution in [1.29, 1.82) is 0 Å². The van der Waals surface area contributed by atoms with E-state index >= 15 is 0 Å². The summed E-state index contributed by atoms with van der Waals surface area (Å²) in [6, 6.07) is 13.2. The van der Waals surface area contributed by atoms with Crippen molar-refractivity contribution >= 4 is 23.1 Å². The van der Waals surface area contributed by atoms with Gasteiger partial charge in [-0.3, -0.25) is 0 Å². The highest BCUT2D eigenvalue weighted by atomic mass is 32.1. The molecule has 3 rings (SSSR count). The fourth-order valence-corrected chi connectivity index (χ4v) is 5.04. The lowest BCUT2D eigenvalue weighted by molar-refractivity contribution is 0.248. The van der Waals surface area contributed by atoms with E-state index in [1.807, 2.05) is 30.3 Å². The van der Waals surface area contributed by atoms with E-state index in [2.05, 4.69) is 35.4 Å². The van der Waals surface area contributed by atoms with Crippen molar-refractivity contribution in [2.45, 2.75) is 84.0 Å². The topological polar surface area (TPSA) is 12.4 Å². The van der Waals surface area contributed by atoms with Crippen LogP contribution in [0.25, 0.3) is 11.1 Å². The molecular weight excluding hydrogens is 401 g/mol. The molecule has 1 saturated carbocycles. The van der Waals surface area contributed by atoms with Gasteiger partial charge in [-0.05, 0) is 66.2 Å². The van der Waals surface area contributed by atoms with Crippen LogP contribution in [0.4, 0.5) is 10.1 Å². The molecule has 0 saturated heterocycles. The first kappa shape index (κ1) is 23.8. The summed E-state index contributed by atoms with van der Waals surface area (Å²) in [4.78, 5) is 3.95. The predicted octanol–water partition coefficient (Wildman–Crippen LogP) is 9.33. The van der Waals surface area contributed by atoms with E-state index in [4.69, 9.17) is 0 Å². The van der Waals surface area contributed by atoms with Crippen molar-refractivity contribution in [3.63, 3.8) is 0 Å². The maximum absolute atomic E-state index is 14.7. The molecular formula is C28H36FNS. The third-order valence-electron chi connectivity index (χ3n) is 6.91. The standard InChI is InChI=1S/C28H36FNS/c1-2-3-4-5-6-7-22-8-10-23(11-9-22)12-13-24-14-19-27(28(29)20-24)25-15-17-26(18-16-25)30-21-31/h14-20,22-23H,2-13H2,1H3/t22-,23-. The number of hydrogen-bond donors (Lipinski definition) is 0. The molecule has 1 nitrogen and oxygen atoms in total. The van der Waals surface area contributed by atoms with E-state index < -0.39 is 0 Å². The lowest BCUT2D eigenvalue weighted by atomic mass is 9.77. The average molecular weight is 438 g/mol. The van der Waals surface area contributed by atoms with E-state index in [1.54, 1.807) is 6.07 Å². The number of nitrogens with zero attached hydrogens (tertiary/aromatic N) is 1. The van der Waals surface area contributed by atoms with Crippen molar-refractivity contribution in [3.05, 3.63) is 53.8 Å². The molecule has 2 aromatic carbocycles. The Balaban J connectivity index is 1.43. The van der Waals surface area contributed by atoms with Crippen molar-refractivity contribution < 1.29 is 4.39 Å². The molecule has 0 heterocycles. The number of rotatable bonds is 11. The highest BCUT2D eigenvalue weighted by Gasteiger charge is 2.20. The van der Waals surface area contributed by atoms with Crippen LogP contribution >= 0.6 is 12.2 Å². The molecule has 0 bridgehead atoms. The van der Waals surface area contributed by atoms with Crippen LogP contribution < -0.4 is 0 Å². The fourth-order valence-electron chi connectivity index (χ4n) is 4.93. The van der Waals surface area contributed by atoms with Gasteiger partial charge in [0, 0.05) is 5.56 Å². The fraction of sp³-hybridized carbons (Fsp3) is 0.536. The lowest BCUT2D eigenvalue weighted by Crippen LogP contribution is -2.15. The minimum atomic E-state index is -0.143. The van der Waals surface area contributed by atoms with Crippen LogP contribution in [-0.4, -0.2) is 5.16 Å². The van der Waals surface area contributed by atoms with Crippen molar-refractivity contribution in [1.82, 2.24) is 0 Å². The molecule has 0 aromatic heterocycles. The van der Waals surface area contributed by atoms with Gasteiger partial charge < -0.3 is 0 Å². The van der Waals surface area contributed by atoms with Gasteiger partial charge in [0.25, 0.3) is 0 Å². The lowest BCUT2D eigenvalue weighted by Gasteiger charge is -2.28. The second-order valence-electron chi connectivity index (χ2n) is 9.19. The number of halogens is 1. The minimum absolute atomic E-state index is 0.143. The number of aryl methyl sites for hydroxylation is 1. The molecule has 3 heteroatoms. The maximum atomic E-state index is 14.7. The molecule has 1 aliphatic rings. The van der Waals surface area contributed by atoms with Gasteiger partial charge in [0.05, 0.1) is 10.8 Å². The van der Waals surface area contributed by atoms with Gasteiger partial charge in [0.2, 0.25) is 0 Å². The molecule has 166 valence electrons. The number of aliphatic imine (C=N–C) groups is 1. The molecule has 0 aliphatic heterocycles. The third kappa shape index (κ3) is 7.66. The van der Waals surface area contributed by atoms with Crippen LogP contribution in [0.2, 0.25) is 0 Å². The Hall–Kier alpha value is -1.83. The Labute approximate surface area is 193 Å². The van der Waals surface area contributed by atoms with E-state index in [0.717, 1.165) is 35.1 Å². The van der Waals surface area contributed by atoms with Crippen LogP contribution in [0.15, 0.2) is 47.5 Å². The van der Waals surface area contributed by atoms with Gasteiger partial charge in [-0.15, -0.1) is 0 Å². The molecule has 31 heavy (non-hydrogen) atoms. The van der Waals surface area contributed by atoms with Crippen molar-refractivity contribution in [2.24, 2.45) is 16.8 Å². The first-order valence-corrected chi connectivity index (χ1v) is 12.6. The molecule has 0 N–H and O–H groups in total. The van der Waals surface area contributed by atoms with Crippen molar-refractivity contribution in [3.8, 4) is 11.1 Å². The Bertz CT molecular complexity index is 846. The molecule has 0 amide bonds. The van der Waals surface area contributed by atoms with Gasteiger partial charge in [-0.1, -0.05) is 95.4 Å². The number of thiocarbonyl (C=S) groups is 1. The molecule has 0 atom stereocenters. The molecule has 1 aliphatic carbocycles. The smallest absolute Gasteiger partial charge is 0.131 e. The molecule has 0 spiro atoms. The molecule has 1 fully saturated rings. The predicted molar refractivity (Wildman–Crippen MR) is 134 cm³/mol.